The van der Waals surface area contributed by atoms with E-state index in [0.717, 1.165) is 18.4 Å². The topological polar surface area (TPSA) is 29.5 Å². The zero-order valence-electron chi connectivity index (χ0n) is 13.3. The summed E-state index contributed by atoms with van der Waals surface area (Å²) in [4.78, 5) is 14.1. The molecule has 24 heavy (non-hydrogen) atoms. The van der Waals surface area contributed by atoms with E-state index >= 15 is 0 Å². The van der Waals surface area contributed by atoms with Gasteiger partial charge in [-0.1, -0.05) is 29.8 Å². The molecule has 1 aliphatic rings. The molecule has 3 rings (SSSR count). The monoisotopic (exact) mass is 347 g/mol. The van der Waals surface area contributed by atoms with E-state index in [2.05, 4.69) is 0 Å². The van der Waals surface area contributed by atoms with Gasteiger partial charge in [-0.2, -0.15) is 0 Å². The minimum absolute atomic E-state index is 0.0154. The Morgan fingerprint density at radius 2 is 1.88 bits per heavy atom. The van der Waals surface area contributed by atoms with Crippen LogP contribution in [0.5, 0.6) is 5.75 Å². The predicted molar refractivity (Wildman–Crippen MR) is 91.9 cm³/mol. The summed E-state index contributed by atoms with van der Waals surface area (Å²) in [5.74, 6) is 0.734. The number of amides is 1. The summed E-state index contributed by atoms with van der Waals surface area (Å²) in [5, 5.41) is 0.583. The van der Waals surface area contributed by atoms with Gasteiger partial charge in [0, 0.05) is 18.1 Å². The van der Waals surface area contributed by atoms with E-state index in [0.29, 0.717) is 29.8 Å². The zero-order valence-corrected chi connectivity index (χ0v) is 14.0. The van der Waals surface area contributed by atoms with E-state index in [9.17, 15) is 9.18 Å². The highest BCUT2D eigenvalue weighted by atomic mass is 35.5. The van der Waals surface area contributed by atoms with Crippen LogP contribution in [0.15, 0.2) is 48.5 Å². The zero-order chi connectivity index (χ0) is 16.9. The molecular weight excluding hydrogens is 329 g/mol. The van der Waals surface area contributed by atoms with Gasteiger partial charge in [-0.25, -0.2) is 4.39 Å². The van der Waals surface area contributed by atoms with Crippen LogP contribution in [-0.4, -0.2) is 30.5 Å². The number of halogens is 2. The van der Waals surface area contributed by atoms with Crippen molar-refractivity contribution in [3.8, 4) is 5.75 Å². The Labute approximate surface area is 146 Å². The molecule has 1 heterocycles. The van der Waals surface area contributed by atoms with Crippen molar-refractivity contribution < 1.29 is 13.9 Å². The molecular formula is C19H19ClFNO2. The number of carbonyl (C=O) groups excluding carboxylic acids is 1. The van der Waals surface area contributed by atoms with Crippen molar-refractivity contribution in [2.75, 3.05) is 19.7 Å². The molecule has 1 fully saturated rings. The van der Waals surface area contributed by atoms with Crippen molar-refractivity contribution in [2.45, 2.75) is 18.8 Å². The third-order valence-corrected chi connectivity index (χ3v) is 4.58. The average molecular weight is 348 g/mol. The lowest BCUT2D eigenvalue weighted by molar-refractivity contribution is -0.134. The summed E-state index contributed by atoms with van der Waals surface area (Å²) < 4.78 is 18.5. The van der Waals surface area contributed by atoms with Crippen LogP contribution < -0.4 is 4.74 Å². The van der Waals surface area contributed by atoms with Gasteiger partial charge in [0.1, 0.15) is 11.6 Å². The van der Waals surface area contributed by atoms with Gasteiger partial charge >= 0.3 is 0 Å². The van der Waals surface area contributed by atoms with Gasteiger partial charge in [0.15, 0.2) is 6.61 Å². The summed E-state index contributed by atoms with van der Waals surface area (Å²) in [6.07, 6.45) is 1.77. The highest BCUT2D eigenvalue weighted by Crippen LogP contribution is 2.28. The largest absolute Gasteiger partial charge is 0.484 e. The normalized spacial score (nSPS) is 15.3. The summed E-state index contributed by atoms with van der Waals surface area (Å²) in [7, 11) is 0. The first-order chi connectivity index (χ1) is 11.6. The second-order valence-electron chi connectivity index (χ2n) is 5.95. The molecule has 0 N–H and O–H groups in total. The Morgan fingerprint density at radius 3 is 2.54 bits per heavy atom. The second-order valence-corrected chi connectivity index (χ2v) is 6.39. The fraction of sp³-hybridized carbons (Fsp3) is 0.316. The van der Waals surface area contributed by atoms with Gasteiger partial charge in [0.05, 0.1) is 0 Å². The minimum atomic E-state index is -0.218. The molecule has 126 valence electrons. The molecule has 0 aliphatic carbocycles. The van der Waals surface area contributed by atoms with Crippen LogP contribution in [0.2, 0.25) is 5.02 Å². The van der Waals surface area contributed by atoms with Crippen molar-refractivity contribution >= 4 is 17.5 Å². The molecule has 0 saturated carbocycles. The Morgan fingerprint density at radius 1 is 1.17 bits per heavy atom. The van der Waals surface area contributed by atoms with E-state index in [1.807, 2.05) is 17.0 Å². The lowest BCUT2D eigenvalue weighted by Gasteiger charge is -2.32. The van der Waals surface area contributed by atoms with E-state index in [1.165, 1.54) is 12.1 Å². The summed E-state index contributed by atoms with van der Waals surface area (Å²) >= 11 is 5.89. The van der Waals surface area contributed by atoms with E-state index in [1.54, 1.807) is 24.3 Å². The van der Waals surface area contributed by atoms with Crippen molar-refractivity contribution in [2.24, 2.45) is 0 Å². The minimum Gasteiger partial charge on any atom is -0.484 e. The maximum absolute atomic E-state index is 13.0. The second kappa shape index (κ2) is 7.67. The molecule has 5 heteroatoms. The smallest absolute Gasteiger partial charge is 0.260 e. The van der Waals surface area contributed by atoms with Crippen LogP contribution in [0.25, 0.3) is 0 Å². The number of likely N-dealkylation sites (tertiary alicyclic amines) is 1. The third kappa shape index (κ3) is 4.26. The summed E-state index contributed by atoms with van der Waals surface area (Å²) in [6, 6.07) is 13.7. The molecule has 3 nitrogen and oxygen atoms in total. The highest BCUT2D eigenvalue weighted by Gasteiger charge is 2.24. The number of rotatable bonds is 4. The summed E-state index contributed by atoms with van der Waals surface area (Å²) in [6.45, 7) is 1.40. The molecule has 0 bridgehead atoms. The first-order valence-electron chi connectivity index (χ1n) is 8.03. The number of ether oxygens (including phenoxy) is 1. The lowest BCUT2D eigenvalue weighted by atomic mass is 9.89. The van der Waals surface area contributed by atoms with Crippen molar-refractivity contribution in [3.05, 3.63) is 64.9 Å². The van der Waals surface area contributed by atoms with Gasteiger partial charge in [0.2, 0.25) is 0 Å². The van der Waals surface area contributed by atoms with Crippen LogP contribution >= 0.6 is 11.6 Å². The maximum atomic E-state index is 13.0. The molecule has 0 unspecified atom stereocenters. The molecule has 0 aromatic heterocycles. The Bertz CT molecular complexity index is 697. The van der Waals surface area contributed by atoms with E-state index in [4.69, 9.17) is 16.3 Å². The van der Waals surface area contributed by atoms with Crippen LogP contribution in [0.3, 0.4) is 0 Å². The molecule has 0 spiro atoms. The predicted octanol–water partition coefficient (Wildman–Crippen LogP) is 4.26. The molecule has 1 aliphatic heterocycles. The number of hydrogen-bond donors (Lipinski definition) is 0. The van der Waals surface area contributed by atoms with Gasteiger partial charge < -0.3 is 9.64 Å². The molecule has 2 aromatic carbocycles. The molecule has 2 aromatic rings. The number of nitrogens with zero attached hydrogens (tertiary/aromatic N) is 1. The fourth-order valence-electron chi connectivity index (χ4n) is 2.99. The highest BCUT2D eigenvalue weighted by molar-refractivity contribution is 6.30. The fourth-order valence-corrected chi connectivity index (χ4v) is 3.17. The van der Waals surface area contributed by atoms with E-state index in [-0.39, 0.29) is 18.3 Å². The van der Waals surface area contributed by atoms with Crippen molar-refractivity contribution in [3.63, 3.8) is 0 Å². The van der Waals surface area contributed by atoms with Crippen LogP contribution in [0.1, 0.15) is 24.3 Å². The van der Waals surface area contributed by atoms with Crippen molar-refractivity contribution in [1.82, 2.24) is 4.90 Å². The SMILES string of the molecule is O=C(COc1cccc(Cl)c1)N1CCC(c2ccc(F)cc2)CC1. The lowest BCUT2D eigenvalue weighted by Crippen LogP contribution is -2.40. The first-order valence-corrected chi connectivity index (χ1v) is 8.41. The summed E-state index contributed by atoms with van der Waals surface area (Å²) in [5.41, 5.74) is 1.14. The first kappa shape index (κ1) is 16.8. The Balaban J connectivity index is 1.49. The molecule has 1 amide bonds. The van der Waals surface area contributed by atoms with Gasteiger partial charge in [-0.05, 0) is 54.7 Å². The van der Waals surface area contributed by atoms with Crippen LogP contribution in [0, 0.1) is 5.82 Å². The number of hydrogen-bond acceptors (Lipinski definition) is 2. The molecule has 0 radical (unpaired) electrons. The standard InChI is InChI=1S/C19H19ClFNO2/c20-16-2-1-3-18(12-16)24-13-19(23)22-10-8-15(9-11-22)14-4-6-17(21)7-5-14/h1-7,12,15H,8-11,13H2. The average Bonchev–Trinajstić information content (AvgIpc) is 2.61. The maximum Gasteiger partial charge on any atom is 0.260 e. The Kier molecular flexibility index (Phi) is 5.36. The molecule has 0 atom stereocenters. The van der Waals surface area contributed by atoms with Gasteiger partial charge in [-0.15, -0.1) is 0 Å². The van der Waals surface area contributed by atoms with Crippen LogP contribution in [0.4, 0.5) is 4.39 Å². The third-order valence-electron chi connectivity index (χ3n) is 4.35. The van der Waals surface area contributed by atoms with Gasteiger partial charge in [0.25, 0.3) is 5.91 Å². The molecule has 1 saturated heterocycles. The van der Waals surface area contributed by atoms with Crippen LogP contribution in [-0.2, 0) is 4.79 Å². The van der Waals surface area contributed by atoms with E-state index < -0.39 is 0 Å². The Hall–Kier alpha value is -2.07. The van der Waals surface area contributed by atoms with Gasteiger partial charge in [-0.3, -0.25) is 4.79 Å². The number of carbonyl (C=O) groups is 1. The van der Waals surface area contributed by atoms with Crippen molar-refractivity contribution in [1.29, 1.82) is 0 Å². The number of benzene rings is 2. The quantitative estimate of drug-likeness (QED) is 0.826. The number of piperidine rings is 1.